The molecule has 0 unspecified atom stereocenters. The van der Waals surface area contributed by atoms with Gasteiger partial charge < -0.3 is 10.1 Å². The van der Waals surface area contributed by atoms with Crippen molar-refractivity contribution >= 4 is 23.7 Å². The zero-order chi connectivity index (χ0) is 15.2. The summed E-state index contributed by atoms with van der Waals surface area (Å²) < 4.78 is 4.98. The number of aldehydes is 1. The monoisotopic (exact) mass is 283 g/mol. The van der Waals surface area contributed by atoms with Crippen LogP contribution in [0.4, 0.5) is 5.69 Å². The fourth-order valence-electron chi connectivity index (χ4n) is 1.77. The van der Waals surface area contributed by atoms with Crippen molar-refractivity contribution in [2.24, 2.45) is 0 Å². The second-order valence-electron chi connectivity index (χ2n) is 4.22. The summed E-state index contributed by atoms with van der Waals surface area (Å²) in [5.41, 5.74) is 0.865. The molecule has 2 rings (SSSR count). The van der Waals surface area contributed by atoms with Crippen LogP contribution in [0.1, 0.15) is 20.7 Å². The molecule has 0 bridgehead atoms. The maximum absolute atomic E-state index is 12.0. The van der Waals surface area contributed by atoms with E-state index in [9.17, 15) is 14.4 Å². The predicted octanol–water partition coefficient (Wildman–Crippen LogP) is 2.33. The third kappa shape index (κ3) is 3.33. The number of hydrogen-bond donors (Lipinski definition) is 1. The number of nitrogens with one attached hydrogen (secondary N) is 1. The first-order chi connectivity index (χ1) is 10.2. The Labute approximate surface area is 121 Å². The minimum absolute atomic E-state index is 0.247. The molecule has 0 aliphatic heterocycles. The summed E-state index contributed by atoms with van der Waals surface area (Å²) in [6.45, 7) is 0. The predicted molar refractivity (Wildman–Crippen MR) is 77.8 cm³/mol. The Balaban J connectivity index is 2.15. The second-order valence-corrected chi connectivity index (χ2v) is 4.22. The van der Waals surface area contributed by atoms with Crippen LogP contribution in [-0.4, -0.2) is 25.1 Å². The normalized spacial score (nSPS) is 9.76. The summed E-state index contributed by atoms with van der Waals surface area (Å²) in [5, 5.41) is 2.44. The second kappa shape index (κ2) is 6.47. The highest BCUT2D eigenvalue weighted by Gasteiger charge is 2.17. The molecule has 0 aliphatic carbocycles. The van der Waals surface area contributed by atoms with Gasteiger partial charge in [0.1, 0.15) is 5.75 Å². The van der Waals surface area contributed by atoms with Gasteiger partial charge in [0.2, 0.25) is 0 Å². The van der Waals surface area contributed by atoms with E-state index < -0.39 is 11.7 Å². The van der Waals surface area contributed by atoms with Crippen LogP contribution < -0.4 is 10.1 Å². The van der Waals surface area contributed by atoms with E-state index in [1.54, 1.807) is 36.4 Å². The summed E-state index contributed by atoms with van der Waals surface area (Å²) >= 11 is 0. The van der Waals surface area contributed by atoms with E-state index in [0.717, 1.165) is 0 Å². The van der Waals surface area contributed by atoms with Gasteiger partial charge in [-0.15, -0.1) is 0 Å². The van der Waals surface area contributed by atoms with Gasteiger partial charge in [-0.25, -0.2) is 0 Å². The smallest absolute Gasteiger partial charge is 0.296 e. The lowest BCUT2D eigenvalue weighted by Crippen LogP contribution is -2.23. The number of benzene rings is 2. The number of para-hydroxylation sites is 1. The van der Waals surface area contributed by atoms with E-state index in [0.29, 0.717) is 23.3 Å². The topological polar surface area (TPSA) is 72.5 Å². The van der Waals surface area contributed by atoms with E-state index in [-0.39, 0.29) is 5.56 Å². The first-order valence-corrected chi connectivity index (χ1v) is 6.19. The number of hydrogen-bond acceptors (Lipinski definition) is 4. The molecule has 0 saturated carbocycles. The average molecular weight is 283 g/mol. The van der Waals surface area contributed by atoms with Gasteiger partial charge in [-0.1, -0.05) is 12.1 Å². The molecular formula is C16H13NO4. The van der Waals surface area contributed by atoms with Crippen molar-refractivity contribution in [1.82, 2.24) is 0 Å². The van der Waals surface area contributed by atoms with Crippen LogP contribution in [0.5, 0.6) is 5.75 Å². The van der Waals surface area contributed by atoms with Gasteiger partial charge in [0, 0.05) is 11.1 Å². The van der Waals surface area contributed by atoms with Gasteiger partial charge in [-0.05, 0) is 36.4 Å². The highest BCUT2D eigenvalue weighted by Crippen LogP contribution is 2.15. The lowest BCUT2D eigenvalue weighted by atomic mass is 10.1. The van der Waals surface area contributed by atoms with Crippen molar-refractivity contribution in [2.75, 3.05) is 12.4 Å². The molecule has 0 saturated heterocycles. The van der Waals surface area contributed by atoms with Gasteiger partial charge in [0.15, 0.2) is 6.29 Å². The quantitative estimate of drug-likeness (QED) is 0.519. The van der Waals surface area contributed by atoms with Crippen molar-refractivity contribution < 1.29 is 19.1 Å². The van der Waals surface area contributed by atoms with Crippen molar-refractivity contribution in [3.05, 3.63) is 59.7 Å². The number of ketones is 1. The maximum Gasteiger partial charge on any atom is 0.296 e. The number of methoxy groups -OCH3 is 1. The molecule has 0 aromatic heterocycles. The molecule has 0 atom stereocenters. The van der Waals surface area contributed by atoms with Crippen LogP contribution in [-0.2, 0) is 4.79 Å². The van der Waals surface area contributed by atoms with Gasteiger partial charge in [-0.2, -0.15) is 0 Å². The SMILES string of the molecule is COc1ccc(C(=O)C(=O)Nc2ccccc2C=O)cc1. The molecule has 1 amide bonds. The Morgan fingerprint density at radius 2 is 1.71 bits per heavy atom. The summed E-state index contributed by atoms with van der Waals surface area (Å²) in [4.78, 5) is 34.8. The van der Waals surface area contributed by atoms with E-state index in [1.807, 2.05) is 0 Å². The highest BCUT2D eigenvalue weighted by atomic mass is 16.5. The van der Waals surface area contributed by atoms with Crippen molar-refractivity contribution in [2.45, 2.75) is 0 Å². The van der Waals surface area contributed by atoms with Crippen LogP contribution in [0.15, 0.2) is 48.5 Å². The van der Waals surface area contributed by atoms with Crippen molar-refractivity contribution in [3.8, 4) is 5.75 Å². The molecule has 5 nitrogen and oxygen atoms in total. The van der Waals surface area contributed by atoms with Crippen molar-refractivity contribution in [3.63, 3.8) is 0 Å². The lowest BCUT2D eigenvalue weighted by molar-refractivity contribution is -0.112. The number of Topliss-reactive ketones (excluding diaryl/α,β-unsaturated/α-hetero) is 1. The van der Waals surface area contributed by atoms with Crippen molar-refractivity contribution in [1.29, 1.82) is 0 Å². The molecule has 0 spiro atoms. The molecule has 5 heteroatoms. The Bertz CT molecular complexity index is 677. The highest BCUT2D eigenvalue weighted by molar-refractivity contribution is 6.46. The number of carbonyl (C=O) groups excluding carboxylic acids is 3. The third-order valence-electron chi connectivity index (χ3n) is 2.89. The molecule has 0 fully saturated rings. The van der Waals surface area contributed by atoms with Gasteiger partial charge in [0.25, 0.3) is 11.7 Å². The number of ether oxygens (including phenoxy) is 1. The minimum atomic E-state index is -0.797. The van der Waals surface area contributed by atoms with Crippen LogP contribution in [0.25, 0.3) is 0 Å². The Morgan fingerprint density at radius 3 is 2.33 bits per heavy atom. The fraction of sp³-hybridized carbons (Fsp3) is 0.0625. The Hall–Kier alpha value is -2.95. The van der Waals surface area contributed by atoms with E-state index in [4.69, 9.17) is 4.74 Å². The van der Waals surface area contributed by atoms with Gasteiger partial charge >= 0.3 is 0 Å². The van der Waals surface area contributed by atoms with E-state index in [2.05, 4.69) is 5.32 Å². The number of rotatable bonds is 5. The van der Waals surface area contributed by atoms with E-state index >= 15 is 0 Å². The maximum atomic E-state index is 12.0. The van der Waals surface area contributed by atoms with Gasteiger partial charge in [-0.3, -0.25) is 14.4 Å². The molecule has 106 valence electrons. The first kappa shape index (κ1) is 14.5. The average Bonchev–Trinajstić information content (AvgIpc) is 2.54. The van der Waals surface area contributed by atoms with Crippen LogP contribution in [0.3, 0.4) is 0 Å². The summed E-state index contributed by atoms with van der Waals surface area (Å²) in [6.07, 6.45) is 0.619. The third-order valence-corrected chi connectivity index (χ3v) is 2.89. The largest absolute Gasteiger partial charge is 0.497 e. The van der Waals surface area contributed by atoms with Crippen LogP contribution in [0, 0.1) is 0 Å². The summed E-state index contributed by atoms with van der Waals surface area (Å²) in [7, 11) is 1.51. The molecule has 0 heterocycles. The summed E-state index contributed by atoms with van der Waals surface area (Å²) in [5.74, 6) is -0.883. The standard InChI is InChI=1S/C16H13NO4/c1-21-13-8-6-11(7-9-13)15(19)16(20)17-14-5-3-2-4-12(14)10-18/h2-10H,1H3,(H,17,20). The molecule has 2 aromatic rings. The Morgan fingerprint density at radius 1 is 1.05 bits per heavy atom. The molecule has 2 aromatic carbocycles. The molecule has 1 N–H and O–H groups in total. The Kier molecular flexibility index (Phi) is 4.46. The number of anilines is 1. The minimum Gasteiger partial charge on any atom is -0.497 e. The molecule has 0 radical (unpaired) electrons. The first-order valence-electron chi connectivity index (χ1n) is 6.19. The number of carbonyl (C=O) groups is 3. The van der Waals surface area contributed by atoms with Crippen LogP contribution in [0.2, 0.25) is 0 Å². The van der Waals surface area contributed by atoms with Gasteiger partial charge in [0.05, 0.1) is 12.8 Å². The summed E-state index contributed by atoms with van der Waals surface area (Å²) in [6, 6.07) is 12.7. The molecule has 21 heavy (non-hydrogen) atoms. The zero-order valence-electron chi connectivity index (χ0n) is 11.3. The van der Waals surface area contributed by atoms with E-state index in [1.165, 1.54) is 19.2 Å². The number of amides is 1. The van der Waals surface area contributed by atoms with Crippen LogP contribution >= 0.6 is 0 Å². The molecular weight excluding hydrogens is 270 g/mol. The molecule has 0 aliphatic rings. The fourth-order valence-corrected chi connectivity index (χ4v) is 1.77. The lowest BCUT2D eigenvalue weighted by Gasteiger charge is -2.07. The zero-order valence-corrected chi connectivity index (χ0v) is 11.3.